The van der Waals surface area contributed by atoms with Crippen molar-refractivity contribution in [1.29, 1.82) is 0 Å². The number of hydrogen-bond donors (Lipinski definition) is 4. The van der Waals surface area contributed by atoms with Crippen molar-refractivity contribution in [2.45, 2.75) is 39.7 Å². The summed E-state index contributed by atoms with van der Waals surface area (Å²) in [6, 6.07) is 18.9. The van der Waals surface area contributed by atoms with E-state index in [1.807, 2.05) is 61.5 Å². The number of carbonyl (C=O) groups is 3. The van der Waals surface area contributed by atoms with Gasteiger partial charge in [-0.2, -0.15) is 5.10 Å². The number of carboxylic acids is 1. The highest BCUT2D eigenvalue weighted by Crippen LogP contribution is 2.26. The molecule has 0 spiro atoms. The van der Waals surface area contributed by atoms with E-state index in [1.165, 1.54) is 17.3 Å². The first kappa shape index (κ1) is 27.3. The molecule has 2 amide bonds. The monoisotopic (exact) mass is 528 g/mol. The standard InChI is InChI=1S/C29H32N6O4/c1-4-35(25-17-30-18-31-25)27(37)24-15-23(33-34-24)26(36)32-22(16-29(2,3)28(38)39)14-19-10-12-21(13-11-19)20-8-6-5-7-9-20/h5-13,15,17-18,22H,4,14,16H2,1-3H3,(H,30,31)(H,32,36)(H,33,34)(H,38,39). The molecule has 0 saturated carbocycles. The summed E-state index contributed by atoms with van der Waals surface area (Å²) >= 11 is 0. The van der Waals surface area contributed by atoms with Gasteiger partial charge in [0.25, 0.3) is 11.8 Å². The predicted octanol–water partition coefficient (Wildman–Crippen LogP) is 4.31. The summed E-state index contributed by atoms with van der Waals surface area (Å²) in [7, 11) is 0. The number of aromatic amines is 2. The van der Waals surface area contributed by atoms with Gasteiger partial charge in [0.2, 0.25) is 0 Å². The van der Waals surface area contributed by atoms with E-state index in [0.29, 0.717) is 18.8 Å². The van der Waals surface area contributed by atoms with Crippen LogP contribution in [-0.4, -0.2) is 55.6 Å². The van der Waals surface area contributed by atoms with Crippen LogP contribution in [0.2, 0.25) is 0 Å². The second kappa shape index (κ2) is 11.8. The number of aliphatic carboxylic acids is 1. The number of amides is 2. The summed E-state index contributed by atoms with van der Waals surface area (Å²) in [5.74, 6) is -1.38. The lowest BCUT2D eigenvalue weighted by molar-refractivity contribution is -0.147. The van der Waals surface area contributed by atoms with Crippen LogP contribution in [0.5, 0.6) is 0 Å². The maximum Gasteiger partial charge on any atom is 0.309 e. The molecule has 0 bridgehead atoms. The number of nitrogens with one attached hydrogen (secondary N) is 3. The smallest absolute Gasteiger partial charge is 0.309 e. The molecule has 202 valence electrons. The number of anilines is 1. The Morgan fingerprint density at radius 2 is 1.74 bits per heavy atom. The molecule has 2 heterocycles. The number of rotatable bonds is 11. The van der Waals surface area contributed by atoms with Gasteiger partial charge in [-0.15, -0.1) is 0 Å². The Labute approximate surface area is 226 Å². The van der Waals surface area contributed by atoms with Gasteiger partial charge in [0.05, 0.1) is 11.7 Å². The van der Waals surface area contributed by atoms with Gasteiger partial charge < -0.3 is 15.4 Å². The zero-order chi connectivity index (χ0) is 28.0. The van der Waals surface area contributed by atoms with Crippen molar-refractivity contribution in [3.63, 3.8) is 0 Å². The number of aromatic nitrogens is 4. The number of benzene rings is 2. The van der Waals surface area contributed by atoms with Crippen molar-refractivity contribution in [2.24, 2.45) is 5.41 Å². The van der Waals surface area contributed by atoms with Crippen molar-refractivity contribution < 1.29 is 19.5 Å². The van der Waals surface area contributed by atoms with E-state index in [4.69, 9.17) is 0 Å². The zero-order valence-corrected chi connectivity index (χ0v) is 22.1. The molecule has 0 saturated heterocycles. The van der Waals surface area contributed by atoms with Crippen molar-refractivity contribution in [3.8, 4) is 11.1 Å². The minimum atomic E-state index is -1.07. The van der Waals surface area contributed by atoms with Gasteiger partial charge >= 0.3 is 5.97 Å². The Bertz CT molecular complexity index is 1410. The minimum Gasteiger partial charge on any atom is -0.481 e. The normalized spacial score (nSPS) is 12.1. The summed E-state index contributed by atoms with van der Waals surface area (Å²) < 4.78 is 0. The van der Waals surface area contributed by atoms with E-state index in [2.05, 4.69) is 25.5 Å². The van der Waals surface area contributed by atoms with E-state index >= 15 is 0 Å². The molecule has 4 aromatic rings. The number of carbonyl (C=O) groups excluding carboxylic acids is 2. The molecule has 10 nitrogen and oxygen atoms in total. The topological polar surface area (TPSA) is 144 Å². The maximum absolute atomic E-state index is 13.2. The lowest BCUT2D eigenvalue weighted by Gasteiger charge is -2.27. The fourth-order valence-electron chi connectivity index (χ4n) is 4.38. The van der Waals surface area contributed by atoms with Gasteiger partial charge in [0, 0.05) is 24.8 Å². The van der Waals surface area contributed by atoms with Gasteiger partial charge in [-0.3, -0.25) is 24.4 Å². The Morgan fingerprint density at radius 1 is 1.05 bits per heavy atom. The molecule has 2 aromatic heterocycles. The molecule has 39 heavy (non-hydrogen) atoms. The number of nitrogens with zero attached hydrogens (tertiary/aromatic N) is 3. The Morgan fingerprint density at radius 3 is 2.36 bits per heavy atom. The lowest BCUT2D eigenvalue weighted by atomic mass is 9.83. The number of H-pyrrole nitrogens is 2. The van der Waals surface area contributed by atoms with Crippen LogP contribution < -0.4 is 10.2 Å². The third-order valence-corrected chi connectivity index (χ3v) is 6.58. The molecule has 1 atom stereocenters. The van der Waals surface area contributed by atoms with Crippen LogP contribution in [-0.2, 0) is 11.2 Å². The summed E-state index contributed by atoms with van der Waals surface area (Å²) in [6.45, 7) is 5.45. The molecule has 4 rings (SSSR count). The molecule has 0 radical (unpaired) electrons. The van der Waals surface area contributed by atoms with Crippen molar-refractivity contribution in [2.75, 3.05) is 11.4 Å². The van der Waals surface area contributed by atoms with E-state index in [-0.39, 0.29) is 17.8 Å². The molecule has 4 N–H and O–H groups in total. The minimum absolute atomic E-state index is 0.0731. The van der Waals surface area contributed by atoms with Gasteiger partial charge in [0.1, 0.15) is 5.69 Å². The molecule has 0 fully saturated rings. The van der Waals surface area contributed by atoms with Crippen LogP contribution >= 0.6 is 0 Å². The molecular weight excluding hydrogens is 496 g/mol. The average molecular weight is 529 g/mol. The van der Waals surface area contributed by atoms with Crippen molar-refractivity contribution in [3.05, 3.63) is 90.1 Å². The summed E-state index contributed by atoms with van der Waals surface area (Å²) in [5, 5.41) is 19.3. The Hall–Kier alpha value is -4.73. The van der Waals surface area contributed by atoms with Gasteiger partial charge in [-0.1, -0.05) is 54.6 Å². The average Bonchev–Trinajstić information content (AvgIpc) is 3.63. The number of imidazole rings is 1. The highest BCUT2D eigenvalue weighted by atomic mass is 16.4. The summed E-state index contributed by atoms with van der Waals surface area (Å²) in [4.78, 5) is 46.3. The third-order valence-electron chi connectivity index (χ3n) is 6.58. The van der Waals surface area contributed by atoms with E-state index in [9.17, 15) is 19.5 Å². The van der Waals surface area contributed by atoms with Crippen LogP contribution in [0.25, 0.3) is 11.1 Å². The molecule has 1 unspecified atom stereocenters. The predicted molar refractivity (Wildman–Crippen MR) is 147 cm³/mol. The summed E-state index contributed by atoms with van der Waals surface area (Å²) in [5.41, 5.74) is 2.23. The third kappa shape index (κ3) is 6.59. The number of hydrogen-bond acceptors (Lipinski definition) is 5. The molecule has 10 heteroatoms. The molecule has 0 aliphatic rings. The molecule has 0 aliphatic carbocycles. The van der Waals surface area contributed by atoms with Gasteiger partial charge in [-0.05, 0) is 50.3 Å². The Balaban J connectivity index is 1.50. The van der Waals surface area contributed by atoms with E-state index in [0.717, 1.165) is 16.7 Å². The highest BCUT2D eigenvalue weighted by Gasteiger charge is 2.32. The summed E-state index contributed by atoms with van der Waals surface area (Å²) in [6.07, 6.45) is 3.71. The van der Waals surface area contributed by atoms with Crippen molar-refractivity contribution in [1.82, 2.24) is 25.5 Å². The first-order valence-corrected chi connectivity index (χ1v) is 12.7. The highest BCUT2D eigenvalue weighted by molar-refractivity contribution is 6.05. The van der Waals surface area contributed by atoms with Gasteiger partial charge in [-0.25, -0.2) is 4.98 Å². The Kier molecular flexibility index (Phi) is 8.24. The fraction of sp³-hybridized carbons (Fsp3) is 0.276. The van der Waals surface area contributed by atoms with Crippen LogP contribution in [0.15, 0.2) is 73.2 Å². The SMILES string of the molecule is CCN(C(=O)c1cc(C(=O)NC(Cc2ccc(-c3ccccc3)cc2)CC(C)(C)C(=O)O)[nH]n1)c1c[nH]cn1. The van der Waals surface area contributed by atoms with Crippen LogP contribution in [0, 0.1) is 5.41 Å². The first-order valence-electron chi connectivity index (χ1n) is 12.7. The van der Waals surface area contributed by atoms with Crippen LogP contribution in [0.4, 0.5) is 5.82 Å². The maximum atomic E-state index is 13.2. The number of carboxylic acid groups (broad SMARTS) is 1. The molecule has 0 aliphatic heterocycles. The second-order valence-corrected chi connectivity index (χ2v) is 9.97. The molecular formula is C29H32N6O4. The van der Waals surface area contributed by atoms with Crippen LogP contribution in [0.3, 0.4) is 0 Å². The van der Waals surface area contributed by atoms with Crippen LogP contribution in [0.1, 0.15) is 53.7 Å². The quantitative estimate of drug-likeness (QED) is 0.228. The molecule has 2 aromatic carbocycles. The lowest BCUT2D eigenvalue weighted by Crippen LogP contribution is -2.41. The largest absolute Gasteiger partial charge is 0.481 e. The van der Waals surface area contributed by atoms with E-state index in [1.54, 1.807) is 20.0 Å². The second-order valence-electron chi connectivity index (χ2n) is 9.97. The van der Waals surface area contributed by atoms with E-state index < -0.39 is 29.2 Å². The van der Waals surface area contributed by atoms with Crippen molar-refractivity contribution >= 4 is 23.6 Å². The van der Waals surface area contributed by atoms with Gasteiger partial charge in [0.15, 0.2) is 11.5 Å². The fourth-order valence-corrected chi connectivity index (χ4v) is 4.38. The first-order chi connectivity index (χ1) is 18.7. The zero-order valence-electron chi connectivity index (χ0n) is 22.1.